The second-order valence-electron chi connectivity index (χ2n) is 6.14. The molecule has 1 aliphatic carbocycles. The SMILES string of the molecule is NC1CCCC(C(=O)Nc2ccccc2Oc2ccccc2Cl)C1. The van der Waals surface area contributed by atoms with Gasteiger partial charge in [0.15, 0.2) is 5.75 Å². The van der Waals surface area contributed by atoms with E-state index in [2.05, 4.69) is 5.32 Å². The van der Waals surface area contributed by atoms with Gasteiger partial charge in [-0.05, 0) is 43.5 Å². The minimum atomic E-state index is -0.0397. The summed E-state index contributed by atoms with van der Waals surface area (Å²) in [6, 6.07) is 14.7. The molecular formula is C19H21ClN2O2. The molecule has 126 valence electrons. The van der Waals surface area contributed by atoms with Gasteiger partial charge in [0.1, 0.15) is 5.75 Å². The van der Waals surface area contributed by atoms with Crippen molar-refractivity contribution in [2.75, 3.05) is 5.32 Å². The average molecular weight is 345 g/mol. The molecule has 1 saturated carbocycles. The van der Waals surface area contributed by atoms with E-state index >= 15 is 0 Å². The molecule has 2 aromatic rings. The topological polar surface area (TPSA) is 64.4 Å². The number of carbonyl (C=O) groups excluding carboxylic acids is 1. The molecule has 0 radical (unpaired) electrons. The van der Waals surface area contributed by atoms with Gasteiger partial charge >= 0.3 is 0 Å². The van der Waals surface area contributed by atoms with Crippen molar-refractivity contribution in [3.05, 3.63) is 53.6 Å². The maximum atomic E-state index is 12.5. The average Bonchev–Trinajstić information content (AvgIpc) is 2.58. The van der Waals surface area contributed by atoms with Gasteiger partial charge in [0.25, 0.3) is 0 Å². The third-order valence-corrected chi connectivity index (χ3v) is 4.60. The van der Waals surface area contributed by atoms with Crippen molar-refractivity contribution >= 4 is 23.2 Å². The van der Waals surface area contributed by atoms with Crippen LogP contribution in [-0.4, -0.2) is 11.9 Å². The molecule has 0 saturated heterocycles. The van der Waals surface area contributed by atoms with Crippen LogP contribution >= 0.6 is 11.6 Å². The second kappa shape index (κ2) is 7.69. The quantitative estimate of drug-likeness (QED) is 0.852. The van der Waals surface area contributed by atoms with Crippen molar-refractivity contribution in [2.45, 2.75) is 31.7 Å². The summed E-state index contributed by atoms with van der Waals surface area (Å²) >= 11 is 6.14. The summed E-state index contributed by atoms with van der Waals surface area (Å²) in [5.74, 6) is 1.09. The number of benzene rings is 2. The lowest BCUT2D eigenvalue weighted by molar-refractivity contribution is -0.120. The molecule has 0 heterocycles. The Morgan fingerprint density at radius 3 is 2.54 bits per heavy atom. The smallest absolute Gasteiger partial charge is 0.227 e. The van der Waals surface area contributed by atoms with Gasteiger partial charge in [-0.25, -0.2) is 0 Å². The third-order valence-electron chi connectivity index (χ3n) is 4.29. The van der Waals surface area contributed by atoms with Crippen LogP contribution in [0.5, 0.6) is 11.5 Å². The number of anilines is 1. The molecule has 4 nitrogen and oxygen atoms in total. The fraction of sp³-hybridized carbons (Fsp3) is 0.316. The standard InChI is InChI=1S/C19H21ClN2O2/c20-15-8-1-3-10-17(15)24-18-11-4-2-9-16(18)22-19(23)13-6-5-7-14(21)12-13/h1-4,8-11,13-14H,5-7,12,21H2,(H,22,23). The van der Waals surface area contributed by atoms with Gasteiger partial charge in [-0.1, -0.05) is 42.3 Å². The van der Waals surface area contributed by atoms with Crippen molar-refractivity contribution in [1.82, 2.24) is 0 Å². The summed E-state index contributed by atoms with van der Waals surface area (Å²) in [6.45, 7) is 0. The normalized spacial score (nSPS) is 20.4. The zero-order valence-electron chi connectivity index (χ0n) is 13.4. The molecule has 0 aliphatic heterocycles. The minimum absolute atomic E-state index is 0.000332. The predicted octanol–water partition coefficient (Wildman–Crippen LogP) is 4.59. The molecular weight excluding hydrogens is 324 g/mol. The highest BCUT2D eigenvalue weighted by molar-refractivity contribution is 6.32. The highest BCUT2D eigenvalue weighted by Crippen LogP contribution is 2.34. The van der Waals surface area contributed by atoms with Crippen LogP contribution in [0, 0.1) is 5.92 Å². The molecule has 3 N–H and O–H groups in total. The molecule has 24 heavy (non-hydrogen) atoms. The molecule has 0 aromatic heterocycles. The van der Waals surface area contributed by atoms with Crippen LogP contribution in [-0.2, 0) is 4.79 Å². The van der Waals surface area contributed by atoms with E-state index in [1.165, 1.54) is 0 Å². The number of nitrogens with one attached hydrogen (secondary N) is 1. The van der Waals surface area contributed by atoms with E-state index in [9.17, 15) is 4.79 Å². The van der Waals surface area contributed by atoms with Gasteiger partial charge in [0.2, 0.25) is 5.91 Å². The van der Waals surface area contributed by atoms with Crippen molar-refractivity contribution in [2.24, 2.45) is 11.7 Å². The van der Waals surface area contributed by atoms with E-state index in [0.29, 0.717) is 22.2 Å². The molecule has 2 atom stereocenters. The first-order chi connectivity index (χ1) is 11.6. The highest BCUT2D eigenvalue weighted by Gasteiger charge is 2.25. The molecule has 2 aromatic carbocycles. The van der Waals surface area contributed by atoms with Gasteiger partial charge in [-0.15, -0.1) is 0 Å². The lowest BCUT2D eigenvalue weighted by Gasteiger charge is -2.26. The summed E-state index contributed by atoms with van der Waals surface area (Å²) in [6.07, 6.45) is 3.61. The number of hydrogen-bond acceptors (Lipinski definition) is 3. The predicted molar refractivity (Wildman–Crippen MR) is 96.5 cm³/mol. The van der Waals surface area contributed by atoms with Crippen LogP contribution in [0.1, 0.15) is 25.7 Å². The molecule has 1 aliphatic rings. The fourth-order valence-corrected chi connectivity index (χ4v) is 3.18. The molecule has 2 unspecified atom stereocenters. The summed E-state index contributed by atoms with van der Waals surface area (Å²) in [4.78, 5) is 12.5. The number of nitrogens with two attached hydrogens (primary N) is 1. The summed E-state index contributed by atoms with van der Waals surface area (Å²) < 4.78 is 5.88. The maximum Gasteiger partial charge on any atom is 0.227 e. The maximum absolute atomic E-state index is 12.5. The fourth-order valence-electron chi connectivity index (χ4n) is 3.01. The summed E-state index contributed by atoms with van der Waals surface area (Å²) in [5.41, 5.74) is 6.63. The van der Waals surface area contributed by atoms with E-state index in [0.717, 1.165) is 25.7 Å². The first kappa shape index (κ1) is 16.8. The monoisotopic (exact) mass is 344 g/mol. The van der Waals surface area contributed by atoms with Gasteiger partial charge in [-0.3, -0.25) is 4.79 Å². The molecule has 1 amide bonds. The van der Waals surface area contributed by atoms with E-state index in [4.69, 9.17) is 22.1 Å². The number of amides is 1. The Morgan fingerprint density at radius 1 is 1.08 bits per heavy atom. The Hall–Kier alpha value is -2.04. The Morgan fingerprint density at radius 2 is 1.79 bits per heavy atom. The van der Waals surface area contributed by atoms with E-state index in [1.54, 1.807) is 12.1 Å². The van der Waals surface area contributed by atoms with Crippen LogP contribution in [0.15, 0.2) is 48.5 Å². The zero-order chi connectivity index (χ0) is 16.9. The van der Waals surface area contributed by atoms with E-state index < -0.39 is 0 Å². The zero-order valence-corrected chi connectivity index (χ0v) is 14.1. The van der Waals surface area contributed by atoms with Crippen LogP contribution < -0.4 is 15.8 Å². The van der Waals surface area contributed by atoms with E-state index in [-0.39, 0.29) is 17.9 Å². The Balaban J connectivity index is 1.74. The number of para-hydroxylation sites is 3. The van der Waals surface area contributed by atoms with Crippen LogP contribution in [0.4, 0.5) is 5.69 Å². The molecule has 5 heteroatoms. The number of hydrogen-bond donors (Lipinski definition) is 2. The largest absolute Gasteiger partial charge is 0.454 e. The molecule has 0 bridgehead atoms. The number of rotatable bonds is 4. The van der Waals surface area contributed by atoms with Crippen molar-refractivity contribution in [3.63, 3.8) is 0 Å². The third kappa shape index (κ3) is 4.08. The molecule has 0 spiro atoms. The Labute approximate surface area is 147 Å². The lowest BCUT2D eigenvalue weighted by Crippen LogP contribution is -2.34. The Bertz CT molecular complexity index is 720. The van der Waals surface area contributed by atoms with Crippen molar-refractivity contribution in [3.8, 4) is 11.5 Å². The van der Waals surface area contributed by atoms with Gasteiger partial charge in [-0.2, -0.15) is 0 Å². The lowest BCUT2D eigenvalue weighted by atomic mass is 9.85. The number of carbonyl (C=O) groups is 1. The van der Waals surface area contributed by atoms with Gasteiger partial charge in [0.05, 0.1) is 10.7 Å². The van der Waals surface area contributed by atoms with Crippen LogP contribution in [0.2, 0.25) is 5.02 Å². The van der Waals surface area contributed by atoms with Gasteiger partial charge < -0.3 is 15.8 Å². The second-order valence-corrected chi connectivity index (χ2v) is 6.55. The first-order valence-corrected chi connectivity index (χ1v) is 8.59. The Kier molecular flexibility index (Phi) is 5.38. The van der Waals surface area contributed by atoms with Crippen molar-refractivity contribution in [1.29, 1.82) is 0 Å². The van der Waals surface area contributed by atoms with E-state index in [1.807, 2.05) is 36.4 Å². The molecule has 3 rings (SSSR count). The minimum Gasteiger partial charge on any atom is -0.454 e. The number of halogens is 1. The number of ether oxygens (including phenoxy) is 1. The van der Waals surface area contributed by atoms with Crippen LogP contribution in [0.25, 0.3) is 0 Å². The van der Waals surface area contributed by atoms with Crippen LogP contribution in [0.3, 0.4) is 0 Å². The first-order valence-electron chi connectivity index (χ1n) is 8.21. The van der Waals surface area contributed by atoms with Crippen molar-refractivity contribution < 1.29 is 9.53 Å². The van der Waals surface area contributed by atoms with Gasteiger partial charge in [0, 0.05) is 12.0 Å². The molecule has 1 fully saturated rings. The highest BCUT2D eigenvalue weighted by atomic mass is 35.5. The summed E-state index contributed by atoms with van der Waals surface area (Å²) in [5, 5.41) is 3.50. The summed E-state index contributed by atoms with van der Waals surface area (Å²) in [7, 11) is 0.